The first-order chi connectivity index (χ1) is 15.4. The first kappa shape index (κ1) is 21.9. The summed E-state index contributed by atoms with van der Waals surface area (Å²) in [6.07, 6.45) is -0.104. The Morgan fingerprint density at radius 2 is 1.66 bits per heavy atom. The molecule has 0 radical (unpaired) electrons. The molecule has 162 valence electrons. The van der Waals surface area contributed by atoms with Gasteiger partial charge in [0.25, 0.3) is 5.91 Å². The lowest BCUT2D eigenvalue weighted by Gasteiger charge is -2.24. The van der Waals surface area contributed by atoms with Gasteiger partial charge in [-0.1, -0.05) is 41.9 Å². The molecule has 3 aromatic carbocycles. The summed E-state index contributed by atoms with van der Waals surface area (Å²) in [5.41, 5.74) is 2.00. The summed E-state index contributed by atoms with van der Waals surface area (Å²) in [6, 6.07) is 21.1. The predicted octanol–water partition coefficient (Wildman–Crippen LogP) is 5.01. The van der Waals surface area contributed by atoms with Gasteiger partial charge in [0, 0.05) is 17.3 Å². The second-order valence-electron chi connectivity index (χ2n) is 7.32. The summed E-state index contributed by atoms with van der Waals surface area (Å²) in [4.78, 5) is 29.3. The molecule has 1 aliphatic heterocycles. The highest BCUT2D eigenvalue weighted by Gasteiger charge is 2.44. The maximum Gasteiger partial charge on any atom is 0.256 e. The van der Waals surface area contributed by atoms with Crippen LogP contribution in [0.5, 0.6) is 0 Å². The number of anilines is 2. The van der Waals surface area contributed by atoms with Gasteiger partial charge in [0.15, 0.2) is 5.11 Å². The van der Waals surface area contributed by atoms with Gasteiger partial charge in [0.2, 0.25) is 5.91 Å². The minimum atomic E-state index is -0.779. The minimum Gasteiger partial charge on any atom is -0.332 e. The van der Waals surface area contributed by atoms with Crippen LogP contribution in [-0.4, -0.2) is 27.9 Å². The monoisotopic (exact) mass is 467 g/mol. The number of hydrogen-bond donors (Lipinski definition) is 1. The molecule has 1 saturated heterocycles. The third kappa shape index (κ3) is 4.79. The lowest BCUT2D eigenvalue weighted by atomic mass is 10.1. The molecule has 0 saturated carbocycles. The number of benzene rings is 3. The number of halogens is 2. The van der Waals surface area contributed by atoms with Crippen molar-refractivity contribution in [3.63, 3.8) is 0 Å². The van der Waals surface area contributed by atoms with Gasteiger partial charge in [-0.25, -0.2) is 4.39 Å². The number of thiocarbonyl (C=S) groups is 1. The molecule has 5 nitrogen and oxygen atoms in total. The SMILES string of the molecule is O=C(CC1C(=O)N(c2ccc(Cl)cc2)C(=S)N1Cc1ccccc1)Nc1ccc(F)cc1. The Kier molecular flexibility index (Phi) is 6.48. The fourth-order valence-electron chi connectivity index (χ4n) is 3.54. The van der Waals surface area contributed by atoms with Crippen LogP contribution >= 0.6 is 23.8 Å². The van der Waals surface area contributed by atoms with Crippen LogP contribution in [0.25, 0.3) is 0 Å². The van der Waals surface area contributed by atoms with Crippen LogP contribution in [-0.2, 0) is 16.1 Å². The fraction of sp³-hybridized carbons (Fsp3) is 0.125. The van der Waals surface area contributed by atoms with Crippen molar-refractivity contribution < 1.29 is 14.0 Å². The van der Waals surface area contributed by atoms with Gasteiger partial charge >= 0.3 is 0 Å². The van der Waals surface area contributed by atoms with E-state index in [-0.39, 0.29) is 18.2 Å². The Balaban J connectivity index is 1.59. The van der Waals surface area contributed by atoms with Crippen molar-refractivity contribution in [2.24, 2.45) is 0 Å². The van der Waals surface area contributed by atoms with Crippen molar-refractivity contribution in [2.75, 3.05) is 10.2 Å². The van der Waals surface area contributed by atoms with Crippen LogP contribution in [0.1, 0.15) is 12.0 Å². The second kappa shape index (κ2) is 9.46. The van der Waals surface area contributed by atoms with Crippen molar-refractivity contribution in [2.45, 2.75) is 19.0 Å². The molecule has 0 spiro atoms. The Morgan fingerprint density at radius 1 is 1.00 bits per heavy atom. The van der Waals surface area contributed by atoms with Crippen molar-refractivity contribution in [1.82, 2.24) is 4.90 Å². The molecular weight excluding hydrogens is 449 g/mol. The largest absolute Gasteiger partial charge is 0.332 e. The lowest BCUT2D eigenvalue weighted by molar-refractivity contribution is -0.124. The first-order valence-electron chi connectivity index (χ1n) is 9.92. The predicted molar refractivity (Wildman–Crippen MR) is 127 cm³/mol. The van der Waals surface area contributed by atoms with Crippen molar-refractivity contribution in [1.29, 1.82) is 0 Å². The zero-order valence-corrected chi connectivity index (χ0v) is 18.4. The van der Waals surface area contributed by atoms with E-state index >= 15 is 0 Å². The molecule has 3 aromatic rings. The summed E-state index contributed by atoms with van der Waals surface area (Å²) in [6.45, 7) is 0.379. The number of nitrogens with one attached hydrogen (secondary N) is 1. The number of carbonyl (C=O) groups is 2. The zero-order chi connectivity index (χ0) is 22.7. The highest BCUT2D eigenvalue weighted by molar-refractivity contribution is 7.80. The van der Waals surface area contributed by atoms with Crippen LogP contribution in [0.15, 0.2) is 78.9 Å². The van der Waals surface area contributed by atoms with E-state index in [0.717, 1.165) is 5.56 Å². The molecule has 2 amide bonds. The van der Waals surface area contributed by atoms with Crippen LogP contribution in [0.2, 0.25) is 5.02 Å². The first-order valence-corrected chi connectivity index (χ1v) is 10.7. The Labute approximate surface area is 195 Å². The summed E-state index contributed by atoms with van der Waals surface area (Å²) in [5, 5.41) is 3.58. The molecule has 0 aromatic heterocycles. The molecule has 1 aliphatic rings. The maximum absolute atomic E-state index is 13.4. The van der Waals surface area contributed by atoms with Crippen LogP contribution in [0.4, 0.5) is 15.8 Å². The van der Waals surface area contributed by atoms with E-state index in [1.165, 1.54) is 29.2 Å². The molecule has 1 unspecified atom stereocenters. The second-order valence-corrected chi connectivity index (χ2v) is 8.12. The Morgan fingerprint density at radius 3 is 2.31 bits per heavy atom. The highest BCUT2D eigenvalue weighted by atomic mass is 35.5. The number of carbonyl (C=O) groups excluding carboxylic acids is 2. The molecule has 0 aliphatic carbocycles. The fourth-order valence-corrected chi connectivity index (χ4v) is 4.06. The molecule has 1 heterocycles. The standard InChI is InChI=1S/C24H19ClFN3O2S/c25-17-6-12-20(13-7-17)29-23(31)21(14-22(30)27-19-10-8-18(26)9-11-19)28(24(29)32)15-16-4-2-1-3-5-16/h1-13,21H,14-15H2,(H,27,30). The van der Waals surface area contributed by atoms with Crippen LogP contribution in [0.3, 0.4) is 0 Å². The maximum atomic E-state index is 13.4. The van der Waals surface area contributed by atoms with Gasteiger partial charge in [0.1, 0.15) is 11.9 Å². The summed E-state index contributed by atoms with van der Waals surface area (Å²) in [7, 11) is 0. The van der Waals surface area contributed by atoms with Crippen LogP contribution in [0, 0.1) is 5.82 Å². The van der Waals surface area contributed by atoms with E-state index < -0.39 is 11.9 Å². The smallest absolute Gasteiger partial charge is 0.256 e. The molecule has 1 atom stereocenters. The number of hydrogen-bond acceptors (Lipinski definition) is 3. The van der Waals surface area contributed by atoms with Crippen molar-refractivity contribution in [3.8, 4) is 0 Å². The Bertz CT molecular complexity index is 1140. The quantitative estimate of drug-likeness (QED) is 0.518. The van der Waals surface area contributed by atoms with E-state index in [9.17, 15) is 14.0 Å². The summed E-state index contributed by atoms with van der Waals surface area (Å²) < 4.78 is 13.1. The molecular formula is C24H19ClFN3O2S. The van der Waals surface area contributed by atoms with Gasteiger partial charge < -0.3 is 10.2 Å². The number of nitrogens with zero attached hydrogens (tertiary/aromatic N) is 2. The number of amides is 2. The van der Waals surface area contributed by atoms with Crippen LogP contribution < -0.4 is 10.2 Å². The normalized spacial score (nSPS) is 15.9. The van der Waals surface area contributed by atoms with Gasteiger partial charge in [-0.3, -0.25) is 14.5 Å². The molecule has 0 bridgehead atoms. The van der Waals surface area contributed by atoms with Gasteiger partial charge in [-0.05, 0) is 66.3 Å². The summed E-state index contributed by atoms with van der Waals surface area (Å²) in [5.74, 6) is -1.05. The molecule has 1 N–H and O–H groups in total. The average Bonchev–Trinajstić information content (AvgIpc) is 3.01. The van der Waals surface area contributed by atoms with E-state index in [1.54, 1.807) is 29.2 Å². The Hall–Kier alpha value is -3.29. The molecule has 8 heteroatoms. The average molecular weight is 468 g/mol. The van der Waals surface area contributed by atoms with Gasteiger partial charge in [-0.2, -0.15) is 0 Å². The lowest BCUT2D eigenvalue weighted by Crippen LogP contribution is -2.37. The van der Waals surface area contributed by atoms with Gasteiger partial charge in [0.05, 0.1) is 12.1 Å². The third-order valence-corrected chi connectivity index (χ3v) is 5.78. The minimum absolute atomic E-state index is 0.104. The van der Waals surface area contributed by atoms with E-state index in [1.807, 2.05) is 30.3 Å². The van der Waals surface area contributed by atoms with E-state index in [0.29, 0.717) is 28.1 Å². The zero-order valence-electron chi connectivity index (χ0n) is 16.9. The molecule has 1 fully saturated rings. The van der Waals surface area contributed by atoms with E-state index in [4.69, 9.17) is 23.8 Å². The highest BCUT2D eigenvalue weighted by Crippen LogP contribution is 2.29. The van der Waals surface area contributed by atoms with Gasteiger partial charge in [-0.15, -0.1) is 0 Å². The topological polar surface area (TPSA) is 52.7 Å². The van der Waals surface area contributed by atoms with E-state index in [2.05, 4.69) is 5.32 Å². The summed E-state index contributed by atoms with van der Waals surface area (Å²) >= 11 is 11.6. The third-order valence-electron chi connectivity index (χ3n) is 5.11. The number of rotatable bonds is 6. The molecule has 4 rings (SSSR count). The molecule has 32 heavy (non-hydrogen) atoms. The van der Waals surface area contributed by atoms with Crippen molar-refractivity contribution >= 4 is 52.1 Å². The van der Waals surface area contributed by atoms with Crippen molar-refractivity contribution in [3.05, 3.63) is 95.3 Å².